The summed E-state index contributed by atoms with van der Waals surface area (Å²) in [5.74, 6) is -2.72. The lowest BCUT2D eigenvalue weighted by atomic mass is 9.98. The SMILES string of the molecule is CC(=O)OCC1O[C@H](Oc2ccc(-c3cnc4c(c3)ncn4C)cc2Cl)C(OC(C)=O)C(OC(C)=O)[C@@H]1OC(C)=O. The van der Waals surface area contributed by atoms with Crippen LogP contribution in [0.4, 0.5) is 0 Å². The number of carbonyl (C=O) groups excluding carboxylic acids is 4. The summed E-state index contributed by atoms with van der Waals surface area (Å²) in [7, 11) is 1.85. The molecule has 1 aromatic carbocycles. The van der Waals surface area contributed by atoms with E-state index in [2.05, 4.69) is 9.97 Å². The number of nitrogens with zero attached hydrogens (tertiary/aromatic N) is 3. The molecule has 0 saturated carbocycles. The molecule has 218 valence electrons. The van der Waals surface area contributed by atoms with Gasteiger partial charge in [-0.1, -0.05) is 17.7 Å². The highest BCUT2D eigenvalue weighted by molar-refractivity contribution is 6.32. The number of fused-ring (bicyclic) bond motifs is 1. The Labute approximate surface area is 239 Å². The van der Waals surface area contributed by atoms with Crippen molar-refractivity contribution < 1.29 is 47.6 Å². The molecule has 1 saturated heterocycles. The number of pyridine rings is 1. The first-order chi connectivity index (χ1) is 19.4. The first-order valence-corrected chi connectivity index (χ1v) is 12.8. The molecular weight excluding hydrogens is 562 g/mol. The maximum absolute atomic E-state index is 12.0. The second-order valence-corrected chi connectivity index (χ2v) is 9.66. The molecule has 41 heavy (non-hydrogen) atoms. The molecule has 0 spiro atoms. The molecule has 1 aliphatic rings. The van der Waals surface area contributed by atoms with E-state index in [-0.39, 0.29) is 17.4 Å². The Morgan fingerprint density at radius 2 is 1.54 bits per heavy atom. The summed E-state index contributed by atoms with van der Waals surface area (Å²) in [4.78, 5) is 56.3. The standard InChI is InChI=1S/C27H28ClN3O10/c1-13(32)36-11-22-23(37-14(2)33)24(38-15(3)34)25(39-16(4)35)27(41-22)40-21-7-6-17(8-19(21)28)18-9-20-26(29-10-18)31(5)12-30-20/h6-10,12,22-25,27H,11H2,1-5H3/t22?,23-,24?,25?,27+/m1/s1. The molecule has 1 fully saturated rings. The number of aryl methyl sites for hydroxylation is 1. The Hall–Kier alpha value is -4.23. The molecule has 0 bridgehead atoms. The minimum absolute atomic E-state index is 0.142. The van der Waals surface area contributed by atoms with E-state index in [1.54, 1.807) is 35.3 Å². The Morgan fingerprint density at radius 1 is 0.878 bits per heavy atom. The first kappa shape index (κ1) is 29.7. The van der Waals surface area contributed by atoms with Gasteiger partial charge in [0.1, 0.15) is 24.0 Å². The number of rotatable bonds is 8. The van der Waals surface area contributed by atoms with Crippen molar-refractivity contribution in [3.8, 4) is 16.9 Å². The quantitative estimate of drug-likeness (QED) is 0.280. The zero-order chi connectivity index (χ0) is 29.8. The fourth-order valence-electron chi connectivity index (χ4n) is 4.36. The summed E-state index contributed by atoms with van der Waals surface area (Å²) in [6.45, 7) is 4.22. The van der Waals surface area contributed by atoms with E-state index in [0.29, 0.717) is 5.52 Å². The Morgan fingerprint density at radius 3 is 2.17 bits per heavy atom. The summed E-state index contributed by atoms with van der Waals surface area (Å²) in [6, 6.07) is 6.83. The summed E-state index contributed by atoms with van der Waals surface area (Å²) >= 11 is 6.58. The third kappa shape index (κ3) is 7.11. The average Bonchev–Trinajstić information content (AvgIpc) is 3.26. The molecule has 5 atom stereocenters. The van der Waals surface area contributed by atoms with Crippen LogP contribution in [0.5, 0.6) is 5.75 Å². The van der Waals surface area contributed by atoms with Crippen LogP contribution in [-0.4, -0.2) is 75.7 Å². The van der Waals surface area contributed by atoms with Crippen molar-refractivity contribution in [2.24, 2.45) is 7.05 Å². The van der Waals surface area contributed by atoms with E-state index in [1.807, 2.05) is 13.1 Å². The van der Waals surface area contributed by atoms with Crippen LogP contribution in [0, 0.1) is 0 Å². The minimum Gasteiger partial charge on any atom is -0.463 e. The Balaban J connectivity index is 1.66. The first-order valence-electron chi connectivity index (χ1n) is 12.5. The lowest BCUT2D eigenvalue weighted by molar-refractivity contribution is -0.288. The molecule has 14 heteroatoms. The molecule has 0 amide bonds. The van der Waals surface area contributed by atoms with Crippen LogP contribution in [0.3, 0.4) is 0 Å². The predicted octanol–water partition coefficient (Wildman–Crippen LogP) is 2.75. The smallest absolute Gasteiger partial charge is 0.303 e. The number of aromatic nitrogens is 3. The minimum atomic E-state index is -1.41. The van der Waals surface area contributed by atoms with Crippen molar-refractivity contribution in [2.45, 2.75) is 58.4 Å². The number of halogens is 1. The van der Waals surface area contributed by atoms with Gasteiger partial charge in [0, 0.05) is 46.5 Å². The van der Waals surface area contributed by atoms with Gasteiger partial charge in [-0.05, 0) is 23.8 Å². The monoisotopic (exact) mass is 589 g/mol. The second kappa shape index (κ2) is 12.5. The van der Waals surface area contributed by atoms with Gasteiger partial charge in [0.15, 0.2) is 17.9 Å². The van der Waals surface area contributed by atoms with Crippen molar-refractivity contribution in [3.63, 3.8) is 0 Å². The highest BCUT2D eigenvalue weighted by Crippen LogP contribution is 2.35. The molecule has 2 aromatic heterocycles. The predicted molar refractivity (Wildman–Crippen MR) is 142 cm³/mol. The number of carbonyl (C=O) groups is 4. The van der Waals surface area contributed by atoms with E-state index in [9.17, 15) is 19.2 Å². The number of esters is 4. The van der Waals surface area contributed by atoms with E-state index < -0.39 is 54.6 Å². The molecule has 4 rings (SSSR count). The molecule has 13 nitrogen and oxygen atoms in total. The van der Waals surface area contributed by atoms with E-state index in [0.717, 1.165) is 37.5 Å². The number of imidazole rings is 1. The molecule has 0 aliphatic carbocycles. The third-order valence-corrected chi connectivity index (χ3v) is 6.30. The van der Waals surface area contributed by atoms with Gasteiger partial charge in [-0.25, -0.2) is 9.97 Å². The maximum atomic E-state index is 12.0. The van der Waals surface area contributed by atoms with Gasteiger partial charge in [-0.2, -0.15) is 0 Å². The fourth-order valence-corrected chi connectivity index (χ4v) is 4.58. The van der Waals surface area contributed by atoms with Crippen LogP contribution in [0.15, 0.2) is 36.8 Å². The van der Waals surface area contributed by atoms with Crippen molar-refractivity contribution in [3.05, 3.63) is 41.8 Å². The van der Waals surface area contributed by atoms with Gasteiger partial charge in [0.05, 0.1) is 11.3 Å². The van der Waals surface area contributed by atoms with Crippen LogP contribution in [0.2, 0.25) is 5.02 Å². The average molecular weight is 590 g/mol. The van der Waals surface area contributed by atoms with Crippen LogP contribution < -0.4 is 4.74 Å². The Bertz CT molecular complexity index is 1470. The highest BCUT2D eigenvalue weighted by Gasteiger charge is 2.53. The number of benzene rings is 1. The Kier molecular flexibility index (Phi) is 9.08. The maximum Gasteiger partial charge on any atom is 0.303 e. The van der Waals surface area contributed by atoms with Crippen LogP contribution >= 0.6 is 11.6 Å². The third-order valence-electron chi connectivity index (χ3n) is 6.01. The van der Waals surface area contributed by atoms with Crippen LogP contribution in [0.1, 0.15) is 27.7 Å². The normalized spacial score (nSPS) is 22.0. The molecule has 3 unspecified atom stereocenters. The zero-order valence-electron chi connectivity index (χ0n) is 22.9. The highest BCUT2D eigenvalue weighted by atomic mass is 35.5. The molecule has 3 heterocycles. The molecule has 1 aliphatic heterocycles. The largest absolute Gasteiger partial charge is 0.463 e. The van der Waals surface area contributed by atoms with E-state index >= 15 is 0 Å². The molecule has 3 aromatic rings. The molecular formula is C27H28ClN3O10. The van der Waals surface area contributed by atoms with Gasteiger partial charge in [-0.3, -0.25) is 19.2 Å². The van der Waals surface area contributed by atoms with Crippen LogP contribution in [0.25, 0.3) is 22.3 Å². The van der Waals surface area contributed by atoms with Crippen LogP contribution in [-0.2, 0) is 49.9 Å². The van der Waals surface area contributed by atoms with Crippen molar-refractivity contribution in [1.29, 1.82) is 0 Å². The number of ether oxygens (including phenoxy) is 6. The number of hydrogen-bond acceptors (Lipinski definition) is 12. The van der Waals surface area contributed by atoms with Gasteiger partial charge < -0.3 is 33.0 Å². The van der Waals surface area contributed by atoms with E-state index in [4.69, 9.17) is 40.0 Å². The van der Waals surface area contributed by atoms with Crippen molar-refractivity contribution >= 4 is 46.6 Å². The van der Waals surface area contributed by atoms with Gasteiger partial charge in [0.2, 0.25) is 12.4 Å². The number of hydrogen-bond donors (Lipinski definition) is 0. The summed E-state index contributed by atoms with van der Waals surface area (Å²) in [5, 5.41) is 0.177. The van der Waals surface area contributed by atoms with Gasteiger partial charge >= 0.3 is 23.9 Å². The lowest BCUT2D eigenvalue weighted by Gasteiger charge is -2.44. The molecule has 0 N–H and O–H groups in total. The van der Waals surface area contributed by atoms with Gasteiger partial charge in [-0.15, -0.1) is 0 Å². The van der Waals surface area contributed by atoms with Gasteiger partial charge in [0.25, 0.3) is 0 Å². The lowest BCUT2D eigenvalue weighted by Crippen LogP contribution is -2.63. The molecule has 0 radical (unpaired) electrons. The van der Waals surface area contributed by atoms with E-state index in [1.165, 1.54) is 6.92 Å². The second-order valence-electron chi connectivity index (χ2n) is 9.25. The van der Waals surface area contributed by atoms with Crippen molar-refractivity contribution in [2.75, 3.05) is 6.61 Å². The summed E-state index contributed by atoms with van der Waals surface area (Å²) < 4.78 is 35.1. The zero-order valence-corrected chi connectivity index (χ0v) is 23.6. The summed E-state index contributed by atoms with van der Waals surface area (Å²) in [5.41, 5.74) is 2.92. The fraction of sp³-hybridized carbons (Fsp3) is 0.407. The van der Waals surface area contributed by atoms with Crippen molar-refractivity contribution in [1.82, 2.24) is 14.5 Å². The topological polar surface area (TPSA) is 154 Å². The summed E-state index contributed by atoms with van der Waals surface area (Å²) in [6.07, 6.45) is -3.26.